The van der Waals surface area contributed by atoms with Gasteiger partial charge in [0.15, 0.2) is 11.3 Å². The number of amides is 1. The average molecular weight is 416 g/mol. The summed E-state index contributed by atoms with van der Waals surface area (Å²) in [5.74, 6) is -0.280. The summed E-state index contributed by atoms with van der Waals surface area (Å²) >= 11 is 0. The monoisotopic (exact) mass is 416 g/mol. The Morgan fingerprint density at radius 1 is 1.10 bits per heavy atom. The molecule has 0 aliphatic heterocycles. The summed E-state index contributed by atoms with van der Waals surface area (Å²) in [7, 11) is -2.18. The van der Waals surface area contributed by atoms with Gasteiger partial charge in [-0.3, -0.25) is 4.79 Å². The number of para-hydroxylation sites is 1. The fourth-order valence-electron chi connectivity index (χ4n) is 2.73. The van der Waals surface area contributed by atoms with E-state index in [2.05, 4.69) is 10.0 Å². The van der Waals surface area contributed by atoms with Crippen molar-refractivity contribution in [3.8, 4) is 5.75 Å². The van der Waals surface area contributed by atoms with Crippen molar-refractivity contribution in [1.29, 1.82) is 0 Å². The smallest absolute Gasteiger partial charge is 0.349 e. The number of anilines is 1. The molecule has 0 fully saturated rings. The van der Waals surface area contributed by atoms with E-state index in [0.717, 1.165) is 0 Å². The number of sulfonamides is 1. The Hall–Kier alpha value is -3.17. The third-order valence-electron chi connectivity index (χ3n) is 4.00. The molecule has 9 heteroatoms. The van der Waals surface area contributed by atoms with Gasteiger partial charge in [0.2, 0.25) is 10.0 Å². The standard InChI is InChI=1S/C20H20N2O6S/c1-12(2)22-29(25,26)15-9-7-14(8-10-15)21-19(23)16-11-13-5-4-6-17(27-3)18(13)28-20(16)24/h4-12,22H,1-3H3,(H,21,23). The second-order valence-corrected chi connectivity index (χ2v) is 8.29. The molecule has 0 aliphatic carbocycles. The highest BCUT2D eigenvalue weighted by Gasteiger charge is 2.17. The van der Waals surface area contributed by atoms with Crippen molar-refractivity contribution in [2.75, 3.05) is 12.4 Å². The number of nitrogens with one attached hydrogen (secondary N) is 2. The van der Waals surface area contributed by atoms with Crippen LogP contribution in [-0.2, 0) is 10.0 Å². The number of carbonyl (C=O) groups is 1. The second-order valence-electron chi connectivity index (χ2n) is 6.58. The van der Waals surface area contributed by atoms with Crippen LogP contribution in [0.5, 0.6) is 5.75 Å². The van der Waals surface area contributed by atoms with Gasteiger partial charge in [0.25, 0.3) is 5.91 Å². The predicted octanol–water partition coefficient (Wildman–Crippen LogP) is 2.74. The highest BCUT2D eigenvalue weighted by molar-refractivity contribution is 7.89. The summed E-state index contributed by atoms with van der Waals surface area (Å²) in [6.07, 6.45) is 0. The van der Waals surface area contributed by atoms with Crippen molar-refractivity contribution in [3.05, 3.63) is 64.5 Å². The van der Waals surface area contributed by atoms with Crippen LogP contribution in [0.3, 0.4) is 0 Å². The number of methoxy groups -OCH3 is 1. The van der Waals surface area contributed by atoms with Crippen LogP contribution in [0.1, 0.15) is 24.2 Å². The Kier molecular flexibility index (Phi) is 5.71. The molecule has 1 heterocycles. The first kappa shape index (κ1) is 20.6. The summed E-state index contributed by atoms with van der Waals surface area (Å²) in [6.45, 7) is 3.44. The average Bonchev–Trinajstić information content (AvgIpc) is 2.66. The third kappa shape index (κ3) is 4.47. The van der Waals surface area contributed by atoms with Gasteiger partial charge in [-0.15, -0.1) is 0 Å². The molecule has 3 aromatic rings. The van der Waals surface area contributed by atoms with Crippen LogP contribution in [0.25, 0.3) is 11.0 Å². The molecule has 0 atom stereocenters. The van der Waals surface area contributed by atoms with E-state index in [9.17, 15) is 18.0 Å². The van der Waals surface area contributed by atoms with Gasteiger partial charge in [-0.25, -0.2) is 17.9 Å². The molecule has 0 unspecified atom stereocenters. The molecule has 0 saturated carbocycles. The zero-order valence-corrected chi connectivity index (χ0v) is 16.9. The summed E-state index contributed by atoms with van der Waals surface area (Å²) in [5, 5.41) is 3.10. The van der Waals surface area contributed by atoms with Gasteiger partial charge in [0.1, 0.15) is 5.56 Å². The molecule has 0 aliphatic rings. The van der Waals surface area contributed by atoms with Gasteiger partial charge in [0, 0.05) is 17.1 Å². The van der Waals surface area contributed by atoms with Crippen molar-refractivity contribution >= 4 is 32.6 Å². The lowest BCUT2D eigenvalue weighted by Crippen LogP contribution is -2.30. The SMILES string of the molecule is COc1cccc2cc(C(=O)Nc3ccc(S(=O)(=O)NC(C)C)cc3)c(=O)oc12. The quantitative estimate of drug-likeness (QED) is 0.597. The van der Waals surface area contributed by atoms with E-state index < -0.39 is 21.6 Å². The van der Waals surface area contributed by atoms with Gasteiger partial charge in [-0.05, 0) is 50.2 Å². The maximum absolute atomic E-state index is 12.5. The van der Waals surface area contributed by atoms with Crippen LogP contribution in [-0.4, -0.2) is 27.5 Å². The van der Waals surface area contributed by atoms with E-state index in [1.165, 1.54) is 37.4 Å². The number of rotatable bonds is 6. The van der Waals surface area contributed by atoms with Crippen LogP contribution in [0.4, 0.5) is 5.69 Å². The fraction of sp³-hybridized carbons (Fsp3) is 0.200. The van der Waals surface area contributed by atoms with Crippen molar-refractivity contribution < 1.29 is 22.4 Å². The van der Waals surface area contributed by atoms with E-state index in [-0.39, 0.29) is 22.1 Å². The number of hydrogen-bond donors (Lipinski definition) is 2. The molecule has 0 bridgehead atoms. The molecule has 152 valence electrons. The largest absolute Gasteiger partial charge is 0.493 e. The van der Waals surface area contributed by atoms with Crippen LogP contribution in [0.2, 0.25) is 0 Å². The summed E-state index contributed by atoms with van der Waals surface area (Å²) in [5.41, 5.74) is -0.392. The first-order valence-electron chi connectivity index (χ1n) is 8.76. The van der Waals surface area contributed by atoms with Crippen LogP contribution in [0, 0.1) is 0 Å². The van der Waals surface area contributed by atoms with Gasteiger partial charge in [0.05, 0.1) is 12.0 Å². The van der Waals surface area contributed by atoms with Crippen molar-refractivity contribution in [1.82, 2.24) is 4.72 Å². The van der Waals surface area contributed by atoms with Crippen molar-refractivity contribution in [2.24, 2.45) is 0 Å². The molecule has 29 heavy (non-hydrogen) atoms. The van der Waals surface area contributed by atoms with Gasteiger partial charge in [-0.2, -0.15) is 0 Å². The van der Waals surface area contributed by atoms with Crippen LogP contribution in [0.15, 0.2) is 62.6 Å². The lowest BCUT2D eigenvalue weighted by Gasteiger charge is -2.10. The number of ether oxygens (including phenoxy) is 1. The van der Waals surface area contributed by atoms with E-state index in [1.54, 1.807) is 32.0 Å². The van der Waals surface area contributed by atoms with Crippen LogP contribution >= 0.6 is 0 Å². The highest BCUT2D eigenvalue weighted by Crippen LogP contribution is 2.24. The molecule has 0 saturated heterocycles. The van der Waals surface area contributed by atoms with Crippen LogP contribution < -0.4 is 20.4 Å². The van der Waals surface area contributed by atoms with E-state index >= 15 is 0 Å². The van der Waals surface area contributed by atoms with Gasteiger partial charge in [-0.1, -0.05) is 12.1 Å². The maximum Gasteiger partial charge on any atom is 0.349 e. The summed E-state index contributed by atoms with van der Waals surface area (Å²) in [6, 6.07) is 11.9. The molecule has 0 spiro atoms. The van der Waals surface area contributed by atoms with Crippen molar-refractivity contribution in [2.45, 2.75) is 24.8 Å². The lowest BCUT2D eigenvalue weighted by atomic mass is 10.1. The Labute approximate surface area is 167 Å². The molecule has 1 amide bonds. The normalized spacial score (nSPS) is 11.6. The zero-order valence-electron chi connectivity index (χ0n) is 16.1. The third-order valence-corrected chi connectivity index (χ3v) is 5.68. The fourth-order valence-corrected chi connectivity index (χ4v) is 3.98. The Bertz CT molecular complexity index is 1210. The first-order chi connectivity index (χ1) is 13.7. The van der Waals surface area contributed by atoms with E-state index in [0.29, 0.717) is 16.8 Å². The summed E-state index contributed by atoms with van der Waals surface area (Å²) < 4.78 is 37.2. The van der Waals surface area contributed by atoms with Crippen molar-refractivity contribution in [3.63, 3.8) is 0 Å². The second kappa shape index (κ2) is 8.06. The molecule has 0 radical (unpaired) electrons. The number of carbonyl (C=O) groups excluding carboxylic acids is 1. The van der Waals surface area contributed by atoms with Gasteiger partial charge < -0.3 is 14.5 Å². The molecule has 8 nitrogen and oxygen atoms in total. The number of fused-ring (bicyclic) bond motifs is 1. The Morgan fingerprint density at radius 3 is 2.41 bits per heavy atom. The minimum atomic E-state index is -3.63. The molecular formula is C20H20N2O6S. The molecule has 2 aromatic carbocycles. The van der Waals surface area contributed by atoms with E-state index in [1.807, 2.05) is 0 Å². The first-order valence-corrected chi connectivity index (χ1v) is 10.2. The lowest BCUT2D eigenvalue weighted by molar-refractivity contribution is 0.102. The molecule has 2 N–H and O–H groups in total. The van der Waals surface area contributed by atoms with E-state index in [4.69, 9.17) is 9.15 Å². The number of hydrogen-bond acceptors (Lipinski definition) is 6. The minimum Gasteiger partial charge on any atom is -0.493 e. The Morgan fingerprint density at radius 2 is 1.79 bits per heavy atom. The zero-order chi connectivity index (χ0) is 21.2. The minimum absolute atomic E-state index is 0.0708. The Balaban J connectivity index is 1.85. The molecule has 3 rings (SSSR count). The molecular weight excluding hydrogens is 396 g/mol. The highest BCUT2D eigenvalue weighted by atomic mass is 32.2. The maximum atomic E-state index is 12.5. The molecule has 1 aromatic heterocycles. The van der Waals surface area contributed by atoms with Gasteiger partial charge >= 0.3 is 5.63 Å². The summed E-state index contributed by atoms with van der Waals surface area (Å²) in [4.78, 5) is 24.8. The predicted molar refractivity (Wildman–Crippen MR) is 109 cm³/mol. The topological polar surface area (TPSA) is 115 Å². The number of benzene rings is 2.